The molecule has 0 N–H and O–H groups in total. The Morgan fingerprint density at radius 2 is 2.30 bits per heavy atom. The van der Waals surface area contributed by atoms with Crippen LogP contribution in [0.5, 0.6) is 0 Å². The van der Waals surface area contributed by atoms with Crippen molar-refractivity contribution in [2.45, 2.75) is 13.0 Å². The molecule has 4 heteroatoms. The van der Waals surface area contributed by atoms with Crippen molar-refractivity contribution in [3.63, 3.8) is 0 Å². The van der Waals surface area contributed by atoms with Crippen molar-refractivity contribution in [2.24, 2.45) is 0 Å². The maximum absolute atomic E-state index is 11.0. The van der Waals surface area contributed by atoms with Crippen molar-refractivity contribution >= 4 is 20.7 Å². The van der Waals surface area contributed by atoms with Gasteiger partial charge in [0.25, 0.3) is 0 Å². The van der Waals surface area contributed by atoms with Crippen LogP contribution in [0.15, 0.2) is 4.79 Å². The van der Waals surface area contributed by atoms with Crippen LogP contribution in [0.2, 0.25) is 0 Å². The maximum atomic E-state index is 11.0. The molecule has 0 aliphatic carbocycles. The molecule has 0 bridgehead atoms. The third-order valence-corrected chi connectivity index (χ3v) is 3.96. The van der Waals surface area contributed by atoms with Gasteiger partial charge >= 0.3 is 0 Å². The van der Waals surface area contributed by atoms with E-state index < -0.39 is 0 Å². The molecule has 0 unspecified atom stereocenters. The quantitative estimate of drug-likeness (QED) is 0.553. The largest absolute Gasteiger partial charge is 0.376 e. The third kappa shape index (κ3) is 0.923. The lowest BCUT2D eigenvalue weighted by atomic mass is 10.2. The summed E-state index contributed by atoms with van der Waals surface area (Å²) in [5.74, 6) is 0. The van der Waals surface area contributed by atoms with Crippen LogP contribution in [0.4, 0.5) is 0 Å². The molecule has 2 nitrogen and oxygen atoms in total. The van der Waals surface area contributed by atoms with Crippen LogP contribution in [0.25, 0.3) is 0 Å². The Morgan fingerprint density at radius 3 is 3.10 bits per heavy atom. The van der Waals surface area contributed by atoms with Gasteiger partial charge in [0.15, 0.2) is 0 Å². The molecular formula is C6H6O2S2. The first-order chi connectivity index (χ1) is 4.88. The SMILES string of the molecule is O=c1ssc2c1COCC2. The summed E-state index contributed by atoms with van der Waals surface area (Å²) < 4.78 is 5.34. The number of fused-ring (bicyclic) bond motifs is 1. The van der Waals surface area contributed by atoms with Crippen LogP contribution in [-0.2, 0) is 17.8 Å². The van der Waals surface area contributed by atoms with Gasteiger partial charge in [0.1, 0.15) is 0 Å². The zero-order chi connectivity index (χ0) is 6.97. The lowest BCUT2D eigenvalue weighted by Gasteiger charge is -2.08. The summed E-state index contributed by atoms with van der Waals surface area (Å²) >= 11 is 0. The minimum atomic E-state index is 0.194. The smallest absolute Gasteiger partial charge is 0.248 e. The predicted molar refractivity (Wildman–Crippen MR) is 41.8 cm³/mol. The normalized spacial score (nSPS) is 16.8. The van der Waals surface area contributed by atoms with Gasteiger partial charge in [-0.2, -0.15) is 0 Å². The predicted octanol–water partition coefficient (Wildman–Crippen LogP) is 1.24. The second-order valence-corrected chi connectivity index (χ2v) is 4.36. The van der Waals surface area contributed by atoms with Gasteiger partial charge in [-0.15, -0.1) is 0 Å². The Hall–Kier alpha value is -0.190. The van der Waals surface area contributed by atoms with E-state index in [9.17, 15) is 4.79 Å². The van der Waals surface area contributed by atoms with E-state index in [4.69, 9.17) is 4.74 Å². The fourth-order valence-corrected chi connectivity index (χ4v) is 3.30. The molecule has 0 saturated carbocycles. The standard InChI is InChI=1S/C6H6O2S2/c7-6-4-3-8-2-1-5(4)9-10-6/h1-3H2. The lowest BCUT2D eigenvalue weighted by Crippen LogP contribution is -2.12. The number of rotatable bonds is 0. The Bertz CT molecular complexity index is 286. The van der Waals surface area contributed by atoms with Gasteiger partial charge in [-0.25, -0.2) is 0 Å². The Balaban J connectivity index is 2.55. The second-order valence-electron chi connectivity index (χ2n) is 2.16. The molecule has 1 aliphatic heterocycles. The van der Waals surface area contributed by atoms with E-state index in [0.29, 0.717) is 6.61 Å². The highest BCUT2D eigenvalue weighted by Gasteiger charge is 2.14. The molecule has 0 spiro atoms. The summed E-state index contributed by atoms with van der Waals surface area (Å²) in [6, 6.07) is 0. The molecule has 1 aromatic heterocycles. The van der Waals surface area contributed by atoms with E-state index in [1.54, 1.807) is 10.3 Å². The number of ether oxygens (including phenoxy) is 1. The summed E-state index contributed by atoms with van der Waals surface area (Å²) in [5.41, 5.74) is 0.904. The Labute approximate surface area is 65.5 Å². The fourth-order valence-electron chi connectivity index (χ4n) is 0.974. The minimum absolute atomic E-state index is 0.194. The minimum Gasteiger partial charge on any atom is -0.376 e. The van der Waals surface area contributed by atoms with Crippen LogP contribution in [0.3, 0.4) is 0 Å². The first kappa shape index (κ1) is 6.52. The second kappa shape index (κ2) is 2.45. The first-order valence-corrected chi connectivity index (χ1v) is 5.21. The molecule has 0 fully saturated rings. The van der Waals surface area contributed by atoms with Gasteiger partial charge in [-0.05, 0) is 10.3 Å². The van der Waals surface area contributed by atoms with Gasteiger partial charge in [0.2, 0.25) is 4.74 Å². The van der Waals surface area contributed by atoms with Crippen LogP contribution >= 0.6 is 20.7 Å². The average molecular weight is 174 g/mol. The van der Waals surface area contributed by atoms with Gasteiger partial charge in [0.05, 0.1) is 18.8 Å². The van der Waals surface area contributed by atoms with E-state index >= 15 is 0 Å². The first-order valence-electron chi connectivity index (χ1n) is 3.06. The summed E-state index contributed by atoms with van der Waals surface area (Å²) in [6.07, 6.45) is 0.929. The van der Waals surface area contributed by atoms with Crippen LogP contribution in [0, 0.1) is 0 Å². The monoisotopic (exact) mass is 174 g/mol. The molecular weight excluding hydrogens is 168 g/mol. The van der Waals surface area contributed by atoms with Crippen molar-refractivity contribution in [2.75, 3.05) is 6.61 Å². The summed E-state index contributed by atoms with van der Waals surface area (Å²) in [5, 5.41) is 0. The van der Waals surface area contributed by atoms with E-state index in [2.05, 4.69) is 0 Å². The van der Waals surface area contributed by atoms with Crippen molar-refractivity contribution < 1.29 is 4.74 Å². The summed E-state index contributed by atoms with van der Waals surface area (Å²) in [6.45, 7) is 1.31. The molecule has 1 aromatic rings. The van der Waals surface area contributed by atoms with Crippen LogP contribution in [0.1, 0.15) is 10.4 Å². The fraction of sp³-hybridized carbons (Fsp3) is 0.500. The van der Waals surface area contributed by atoms with Crippen molar-refractivity contribution in [3.8, 4) is 0 Å². The van der Waals surface area contributed by atoms with Crippen molar-refractivity contribution in [1.29, 1.82) is 0 Å². The molecule has 0 saturated heterocycles. The highest BCUT2D eigenvalue weighted by molar-refractivity contribution is 7.68. The van der Waals surface area contributed by atoms with E-state index in [1.807, 2.05) is 0 Å². The topological polar surface area (TPSA) is 26.3 Å². The molecule has 0 atom stereocenters. The molecule has 0 amide bonds. The van der Waals surface area contributed by atoms with Crippen LogP contribution < -0.4 is 4.74 Å². The van der Waals surface area contributed by atoms with E-state index in [0.717, 1.165) is 18.6 Å². The van der Waals surface area contributed by atoms with E-state index in [1.165, 1.54) is 15.2 Å². The van der Waals surface area contributed by atoms with Gasteiger partial charge in [-0.3, -0.25) is 4.79 Å². The molecule has 2 heterocycles. The van der Waals surface area contributed by atoms with Crippen molar-refractivity contribution in [3.05, 3.63) is 20.0 Å². The highest BCUT2D eigenvalue weighted by Crippen LogP contribution is 2.21. The van der Waals surface area contributed by atoms with E-state index in [-0.39, 0.29) is 4.74 Å². The Kier molecular flexibility index (Phi) is 1.60. The summed E-state index contributed by atoms with van der Waals surface area (Å²) in [7, 11) is 2.93. The molecule has 1 aliphatic rings. The van der Waals surface area contributed by atoms with Gasteiger partial charge in [-0.1, -0.05) is 10.3 Å². The maximum Gasteiger partial charge on any atom is 0.248 e. The van der Waals surface area contributed by atoms with Gasteiger partial charge in [0, 0.05) is 11.3 Å². The summed E-state index contributed by atoms with van der Waals surface area (Å²) in [4.78, 5) is 12.3. The molecule has 2 rings (SSSR count). The zero-order valence-corrected chi connectivity index (χ0v) is 6.89. The highest BCUT2D eigenvalue weighted by atomic mass is 32.9. The third-order valence-electron chi connectivity index (χ3n) is 1.52. The van der Waals surface area contributed by atoms with Crippen LogP contribution in [-0.4, -0.2) is 6.61 Å². The average Bonchev–Trinajstić information content (AvgIpc) is 2.34. The Morgan fingerprint density at radius 1 is 1.40 bits per heavy atom. The lowest BCUT2D eigenvalue weighted by molar-refractivity contribution is 0.111. The molecule has 0 aromatic carbocycles. The molecule has 10 heavy (non-hydrogen) atoms. The zero-order valence-electron chi connectivity index (χ0n) is 5.25. The molecule has 54 valence electrons. The van der Waals surface area contributed by atoms with Crippen molar-refractivity contribution in [1.82, 2.24) is 0 Å². The number of hydrogen-bond acceptors (Lipinski definition) is 4. The van der Waals surface area contributed by atoms with Gasteiger partial charge < -0.3 is 4.74 Å². The number of hydrogen-bond donors (Lipinski definition) is 0. The molecule has 0 radical (unpaired) electrons.